The normalized spacial score (nSPS) is 12.1. The van der Waals surface area contributed by atoms with Gasteiger partial charge in [-0.1, -0.05) is 66.7 Å². The molecule has 42 heavy (non-hydrogen) atoms. The van der Waals surface area contributed by atoms with Crippen LogP contribution in [0.5, 0.6) is 11.5 Å². The highest BCUT2D eigenvalue weighted by Crippen LogP contribution is 2.47. The van der Waals surface area contributed by atoms with Crippen molar-refractivity contribution in [3.8, 4) is 22.6 Å². The van der Waals surface area contributed by atoms with Gasteiger partial charge in [0, 0.05) is 38.2 Å². The maximum Gasteiger partial charge on any atom is 0.315 e. The van der Waals surface area contributed by atoms with Crippen LogP contribution in [0, 0.1) is 0 Å². The van der Waals surface area contributed by atoms with Crippen LogP contribution >= 0.6 is 0 Å². The molecule has 5 aromatic carbocycles. The van der Waals surface area contributed by atoms with Crippen LogP contribution in [0.15, 0.2) is 109 Å². The van der Waals surface area contributed by atoms with Crippen LogP contribution in [0.25, 0.3) is 54.7 Å². The summed E-state index contributed by atoms with van der Waals surface area (Å²) in [5.41, 5.74) is 6.15. The molecule has 0 aliphatic carbocycles. The van der Waals surface area contributed by atoms with Crippen molar-refractivity contribution in [2.75, 3.05) is 14.2 Å². The number of rotatable bonds is 6. The van der Waals surface area contributed by atoms with Crippen molar-refractivity contribution in [3.63, 3.8) is 0 Å². The van der Waals surface area contributed by atoms with Crippen LogP contribution in [-0.2, 0) is 4.79 Å². The molecule has 204 valence electrons. The molecular formula is C36H26N2O4. The summed E-state index contributed by atoms with van der Waals surface area (Å²) in [6.45, 7) is 0. The number of benzene rings is 5. The predicted molar refractivity (Wildman–Crippen MR) is 167 cm³/mol. The van der Waals surface area contributed by atoms with Gasteiger partial charge in [-0.2, -0.15) is 0 Å². The van der Waals surface area contributed by atoms with E-state index in [1.807, 2.05) is 103 Å². The average Bonchev–Trinajstić information content (AvgIpc) is 3.03. The number of pyridine rings is 2. The lowest BCUT2D eigenvalue weighted by atomic mass is 9.83. The van der Waals surface area contributed by atoms with E-state index in [0.29, 0.717) is 28.1 Å². The van der Waals surface area contributed by atoms with Crippen molar-refractivity contribution < 1.29 is 19.4 Å². The molecule has 0 amide bonds. The number of carboxylic acid groups (broad SMARTS) is 1. The smallest absolute Gasteiger partial charge is 0.315 e. The highest BCUT2D eigenvalue weighted by molar-refractivity contribution is 6.22. The molecule has 1 unspecified atom stereocenters. The largest absolute Gasteiger partial charge is 0.497 e. The fourth-order valence-electron chi connectivity index (χ4n) is 6.06. The van der Waals surface area contributed by atoms with Gasteiger partial charge in [0.25, 0.3) is 0 Å². The number of nitrogens with zero attached hydrogens (tertiary/aromatic N) is 2. The van der Waals surface area contributed by atoms with Crippen LogP contribution in [-0.4, -0.2) is 35.3 Å². The number of ether oxygens (including phenoxy) is 2. The standard InChI is InChI=1S/C36H26N2O4/c1-41-22-16-17-28-25(20-22)32(23-12-6-8-14-26(23)37-28)33-24-13-7-9-15-27(24)38-29-18-19-30(42-2)35(34(29)33)31(36(39)40)21-10-4-3-5-11-21/h3-20,31H,1-2H3,(H,39,40). The number of hydrogen-bond donors (Lipinski definition) is 1. The molecule has 6 nitrogen and oxygen atoms in total. The maximum atomic E-state index is 13.1. The summed E-state index contributed by atoms with van der Waals surface area (Å²) >= 11 is 0. The summed E-state index contributed by atoms with van der Waals surface area (Å²) in [4.78, 5) is 23.1. The van der Waals surface area contributed by atoms with Crippen molar-refractivity contribution in [2.24, 2.45) is 0 Å². The molecule has 2 aromatic heterocycles. The number of hydrogen-bond acceptors (Lipinski definition) is 5. The lowest BCUT2D eigenvalue weighted by Gasteiger charge is -2.23. The zero-order valence-electron chi connectivity index (χ0n) is 23.0. The van der Waals surface area contributed by atoms with Gasteiger partial charge >= 0.3 is 5.97 Å². The Morgan fingerprint density at radius 3 is 1.90 bits per heavy atom. The minimum absolute atomic E-state index is 0.484. The van der Waals surface area contributed by atoms with E-state index in [2.05, 4.69) is 6.07 Å². The van der Waals surface area contributed by atoms with Gasteiger partial charge in [0.1, 0.15) is 17.4 Å². The lowest BCUT2D eigenvalue weighted by Crippen LogP contribution is -2.15. The zero-order chi connectivity index (χ0) is 28.8. The number of aliphatic carboxylic acids is 1. The van der Waals surface area contributed by atoms with Gasteiger partial charge in [0.2, 0.25) is 0 Å². The molecule has 0 spiro atoms. The molecule has 7 rings (SSSR count). The van der Waals surface area contributed by atoms with Gasteiger partial charge < -0.3 is 14.6 Å². The first-order chi connectivity index (χ1) is 20.6. The first-order valence-corrected chi connectivity index (χ1v) is 13.6. The van der Waals surface area contributed by atoms with Gasteiger partial charge in [-0.3, -0.25) is 4.79 Å². The summed E-state index contributed by atoms with van der Waals surface area (Å²) < 4.78 is 11.5. The summed E-state index contributed by atoms with van der Waals surface area (Å²) in [7, 11) is 3.22. The lowest BCUT2D eigenvalue weighted by molar-refractivity contribution is -0.137. The Labute approximate surface area is 241 Å². The Morgan fingerprint density at radius 1 is 0.643 bits per heavy atom. The molecule has 0 saturated carbocycles. The van der Waals surface area contributed by atoms with Gasteiger partial charge in [0.15, 0.2) is 0 Å². The molecule has 0 aliphatic heterocycles. The Balaban J connectivity index is 1.77. The third-order valence-electron chi connectivity index (χ3n) is 7.87. The van der Waals surface area contributed by atoms with E-state index in [0.717, 1.165) is 49.2 Å². The highest BCUT2D eigenvalue weighted by Gasteiger charge is 2.31. The quantitative estimate of drug-likeness (QED) is 0.211. The van der Waals surface area contributed by atoms with E-state index >= 15 is 0 Å². The zero-order valence-corrected chi connectivity index (χ0v) is 23.0. The second kappa shape index (κ2) is 10.2. The van der Waals surface area contributed by atoms with E-state index in [1.54, 1.807) is 14.2 Å². The maximum absolute atomic E-state index is 13.1. The van der Waals surface area contributed by atoms with Crippen molar-refractivity contribution in [2.45, 2.75) is 5.92 Å². The number of aromatic nitrogens is 2. The minimum atomic E-state index is -1.000. The second-order valence-corrected chi connectivity index (χ2v) is 10.1. The number of carbonyl (C=O) groups is 1. The molecule has 0 bridgehead atoms. The van der Waals surface area contributed by atoms with E-state index in [1.165, 1.54) is 0 Å². The van der Waals surface area contributed by atoms with E-state index < -0.39 is 11.9 Å². The highest BCUT2D eigenvalue weighted by atomic mass is 16.5. The fourth-order valence-corrected chi connectivity index (χ4v) is 6.06. The summed E-state index contributed by atoms with van der Waals surface area (Å²) in [5.74, 6) is -0.788. The Bertz CT molecular complexity index is 2160. The second-order valence-electron chi connectivity index (χ2n) is 10.1. The molecule has 0 saturated heterocycles. The van der Waals surface area contributed by atoms with Crippen LogP contribution < -0.4 is 9.47 Å². The first kappa shape index (κ1) is 25.5. The number of para-hydroxylation sites is 2. The number of methoxy groups -OCH3 is 2. The average molecular weight is 551 g/mol. The Kier molecular flexibility index (Phi) is 6.16. The molecule has 0 radical (unpaired) electrons. The van der Waals surface area contributed by atoms with Crippen molar-refractivity contribution >= 4 is 49.6 Å². The van der Waals surface area contributed by atoms with E-state index in [4.69, 9.17) is 19.4 Å². The predicted octanol–water partition coefficient (Wildman–Crippen LogP) is 7.99. The Hall–Kier alpha value is -5.49. The summed E-state index contributed by atoms with van der Waals surface area (Å²) in [5, 5.41) is 14.2. The number of carboxylic acids is 1. The van der Waals surface area contributed by atoms with Gasteiger partial charge in [-0.15, -0.1) is 0 Å². The topological polar surface area (TPSA) is 81.5 Å². The van der Waals surface area contributed by atoms with E-state index in [9.17, 15) is 9.90 Å². The van der Waals surface area contributed by atoms with Crippen LogP contribution in [0.2, 0.25) is 0 Å². The molecule has 1 N–H and O–H groups in total. The fraction of sp³-hybridized carbons (Fsp3) is 0.0833. The molecule has 0 aliphatic rings. The van der Waals surface area contributed by atoms with Gasteiger partial charge in [-0.05, 0) is 48.0 Å². The van der Waals surface area contributed by atoms with Crippen LogP contribution in [0.1, 0.15) is 17.0 Å². The molecule has 2 heterocycles. The molecule has 1 atom stereocenters. The number of fused-ring (bicyclic) bond motifs is 4. The third-order valence-corrected chi connectivity index (χ3v) is 7.87. The SMILES string of the molecule is COc1ccc2nc3ccccc3c(-c3c4ccccc4nc4ccc(OC)c(C(C(=O)O)c5ccccc5)c34)c2c1. The van der Waals surface area contributed by atoms with Gasteiger partial charge in [0.05, 0.1) is 36.3 Å². The molecule has 0 fully saturated rings. The third kappa shape index (κ3) is 3.99. The van der Waals surface area contributed by atoms with Crippen LogP contribution in [0.4, 0.5) is 0 Å². The Morgan fingerprint density at radius 2 is 1.24 bits per heavy atom. The molecule has 6 heteroatoms. The molecule has 7 aromatic rings. The monoisotopic (exact) mass is 550 g/mol. The van der Waals surface area contributed by atoms with Crippen LogP contribution in [0.3, 0.4) is 0 Å². The first-order valence-electron chi connectivity index (χ1n) is 13.6. The minimum Gasteiger partial charge on any atom is -0.497 e. The van der Waals surface area contributed by atoms with Crippen molar-refractivity contribution in [1.82, 2.24) is 9.97 Å². The van der Waals surface area contributed by atoms with E-state index in [-0.39, 0.29) is 0 Å². The van der Waals surface area contributed by atoms with Crippen molar-refractivity contribution in [3.05, 3.63) is 120 Å². The van der Waals surface area contributed by atoms with Gasteiger partial charge in [-0.25, -0.2) is 9.97 Å². The summed E-state index contributed by atoms with van der Waals surface area (Å²) in [6, 6.07) is 34.9. The summed E-state index contributed by atoms with van der Waals surface area (Å²) in [6.07, 6.45) is 0. The van der Waals surface area contributed by atoms with Crippen molar-refractivity contribution in [1.29, 1.82) is 0 Å². The molecular weight excluding hydrogens is 524 g/mol.